The monoisotopic (exact) mass is 392 g/mol. The number of aliphatic hydroxyl groups excluding tert-OH is 1. The predicted molar refractivity (Wildman–Crippen MR) is 88.0 cm³/mol. The van der Waals surface area contributed by atoms with E-state index in [4.69, 9.17) is 0 Å². The Morgan fingerprint density at radius 2 is 1.52 bits per heavy atom. The zero-order valence-corrected chi connectivity index (χ0v) is 14.5. The van der Waals surface area contributed by atoms with Crippen LogP contribution < -0.4 is 0 Å². The Kier molecular flexibility index (Phi) is 6.21. The summed E-state index contributed by atoms with van der Waals surface area (Å²) in [5.41, 5.74) is 0.646. The van der Waals surface area contributed by atoms with Crippen molar-refractivity contribution in [3.05, 3.63) is 59.2 Å². The number of hydrogen-bond donors (Lipinski definition) is 1. The van der Waals surface area contributed by atoms with Crippen LogP contribution in [0.1, 0.15) is 29.2 Å². The van der Waals surface area contributed by atoms with Gasteiger partial charge in [-0.25, -0.2) is 0 Å². The lowest BCUT2D eigenvalue weighted by atomic mass is 9.97. The summed E-state index contributed by atoms with van der Waals surface area (Å²) in [7, 11) is 0.907. The largest absolute Gasteiger partial charge is 0.416 e. The molecule has 0 radical (unpaired) electrons. The molecule has 2 atom stereocenters. The minimum Gasteiger partial charge on any atom is -0.388 e. The molecule has 0 saturated carbocycles. The Morgan fingerprint density at radius 3 is 2.00 bits per heavy atom. The average molecular weight is 392 g/mol. The first kappa shape index (κ1) is 21.2. The Labute approximate surface area is 152 Å². The summed E-state index contributed by atoms with van der Waals surface area (Å²) in [5.74, 6) is 0. The van der Waals surface area contributed by atoms with E-state index in [9.17, 15) is 31.4 Å². The van der Waals surface area contributed by atoms with Gasteiger partial charge in [-0.05, 0) is 41.3 Å². The lowest BCUT2D eigenvalue weighted by molar-refractivity contribution is -0.220. The van der Waals surface area contributed by atoms with Gasteiger partial charge in [-0.15, -0.1) is 0 Å². The molecule has 0 aliphatic rings. The quantitative estimate of drug-likeness (QED) is 0.664. The molecule has 0 bridgehead atoms. The van der Waals surface area contributed by atoms with Crippen LogP contribution in [0.4, 0.5) is 26.3 Å². The van der Waals surface area contributed by atoms with Crippen molar-refractivity contribution >= 4 is 0 Å². The van der Waals surface area contributed by atoms with E-state index in [1.54, 1.807) is 13.0 Å². The van der Waals surface area contributed by atoms with Crippen LogP contribution in [0, 0.1) is 6.92 Å². The fourth-order valence-corrected chi connectivity index (χ4v) is 2.71. The van der Waals surface area contributed by atoms with Gasteiger partial charge < -0.3 is 9.84 Å². The predicted octanol–water partition coefficient (Wildman–Crippen LogP) is 5.68. The molecule has 148 valence electrons. The van der Waals surface area contributed by atoms with E-state index in [1.165, 1.54) is 24.3 Å². The van der Waals surface area contributed by atoms with Crippen molar-refractivity contribution in [3.8, 4) is 11.1 Å². The van der Waals surface area contributed by atoms with E-state index >= 15 is 0 Å². The number of alkyl halides is 6. The van der Waals surface area contributed by atoms with Crippen molar-refractivity contribution in [1.29, 1.82) is 0 Å². The molecule has 0 aliphatic carbocycles. The minimum atomic E-state index is -4.61. The van der Waals surface area contributed by atoms with Crippen molar-refractivity contribution in [1.82, 2.24) is 0 Å². The SMILES string of the molecule is COC(CC(O)c1ccc(-c2cc(C)cc(C(F)(F)F)c2)cc1)C(F)(F)F. The molecule has 0 spiro atoms. The van der Waals surface area contributed by atoms with Gasteiger partial charge in [-0.2, -0.15) is 26.3 Å². The standard InChI is InChI=1S/C19H18F6O2/c1-11-7-14(9-15(8-11)18(20,21)22)12-3-5-13(6-4-12)16(26)10-17(27-2)19(23,24)25/h3-9,16-17,26H,10H2,1-2H3. The second-order valence-corrected chi connectivity index (χ2v) is 6.22. The molecule has 2 rings (SSSR count). The molecule has 0 aromatic heterocycles. The maximum absolute atomic E-state index is 12.9. The zero-order valence-electron chi connectivity index (χ0n) is 14.5. The first-order chi connectivity index (χ1) is 12.4. The Hall–Kier alpha value is -2.06. The van der Waals surface area contributed by atoms with Gasteiger partial charge in [0.15, 0.2) is 6.10 Å². The van der Waals surface area contributed by atoms with Crippen LogP contribution in [-0.2, 0) is 10.9 Å². The van der Waals surface area contributed by atoms with E-state index in [1.807, 2.05) is 0 Å². The van der Waals surface area contributed by atoms with Crippen molar-refractivity contribution in [3.63, 3.8) is 0 Å². The highest BCUT2D eigenvalue weighted by atomic mass is 19.4. The van der Waals surface area contributed by atoms with E-state index in [-0.39, 0.29) is 5.56 Å². The molecule has 0 amide bonds. The van der Waals surface area contributed by atoms with E-state index < -0.39 is 36.5 Å². The topological polar surface area (TPSA) is 29.5 Å². The van der Waals surface area contributed by atoms with Crippen LogP contribution in [0.2, 0.25) is 0 Å². The molecular formula is C19H18F6O2. The van der Waals surface area contributed by atoms with Crippen molar-refractivity contribution < 1.29 is 36.2 Å². The number of methoxy groups -OCH3 is 1. The molecule has 2 aromatic carbocycles. The van der Waals surface area contributed by atoms with Crippen LogP contribution in [0.15, 0.2) is 42.5 Å². The van der Waals surface area contributed by atoms with Crippen LogP contribution in [-0.4, -0.2) is 24.5 Å². The normalized spacial score (nSPS) is 14.9. The van der Waals surface area contributed by atoms with Crippen molar-refractivity contribution in [2.75, 3.05) is 7.11 Å². The highest BCUT2D eigenvalue weighted by Gasteiger charge is 2.41. The first-order valence-electron chi connectivity index (χ1n) is 7.98. The molecule has 0 heterocycles. The van der Waals surface area contributed by atoms with E-state index in [0.29, 0.717) is 16.7 Å². The minimum absolute atomic E-state index is 0.216. The Bertz CT molecular complexity index is 765. The maximum atomic E-state index is 12.9. The van der Waals surface area contributed by atoms with E-state index in [0.717, 1.165) is 19.2 Å². The number of hydrogen-bond acceptors (Lipinski definition) is 2. The third-order valence-corrected chi connectivity index (χ3v) is 4.12. The number of benzene rings is 2. The Balaban J connectivity index is 2.24. The fourth-order valence-electron chi connectivity index (χ4n) is 2.71. The molecule has 1 N–H and O–H groups in total. The van der Waals surface area contributed by atoms with E-state index in [2.05, 4.69) is 4.74 Å². The molecule has 0 fully saturated rings. The highest BCUT2D eigenvalue weighted by molar-refractivity contribution is 5.65. The number of halogens is 6. The molecule has 8 heteroatoms. The summed E-state index contributed by atoms with van der Waals surface area (Å²) in [4.78, 5) is 0. The first-order valence-corrected chi connectivity index (χ1v) is 7.98. The number of aryl methyl sites for hydroxylation is 1. The van der Waals surface area contributed by atoms with Gasteiger partial charge in [0.05, 0.1) is 11.7 Å². The molecule has 2 unspecified atom stereocenters. The zero-order chi connectivity index (χ0) is 20.4. The van der Waals surface area contributed by atoms with Gasteiger partial charge >= 0.3 is 12.4 Å². The molecular weight excluding hydrogens is 374 g/mol. The number of rotatable bonds is 5. The lowest BCUT2D eigenvalue weighted by Crippen LogP contribution is -2.32. The summed E-state index contributed by atoms with van der Waals surface area (Å²) < 4.78 is 81.4. The maximum Gasteiger partial charge on any atom is 0.416 e. The molecule has 27 heavy (non-hydrogen) atoms. The van der Waals surface area contributed by atoms with Crippen LogP contribution in [0.25, 0.3) is 11.1 Å². The second kappa shape index (κ2) is 7.90. The highest BCUT2D eigenvalue weighted by Crippen LogP contribution is 2.34. The second-order valence-electron chi connectivity index (χ2n) is 6.22. The van der Waals surface area contributed by atoms with Crippen LogP contribution in [0.3, 0.4) is 0 Å². The van der Waals surface area contributed by atoms with Gasteiger partial charge in [0, 0.05) is 13.5 Å². The molecule has 0 saturated heterocycles. The van der Waals surface area contributed by atoms with Crippen molar-refractivity contribution in [2.24, 2.45) is 0 Å². The fraction of sp³-hybridized carbons (Fsp3) is 0.368. The number of aliphatic hydroxyl groups is 1. The molecule has 2 aromatic rings. The van der Waals surface area contributed by atoms with Gasteiger partial charge in [0.2, 0.25) is 0 Å². The summed E-state index contributed by atoms with van der Waals surface area (Å²) in [5, 5.41) is 10.0. The third kappa shape index (κ3) is 5.46. The van der Waals surface area contributed by atoms with Gasteiger partial charge in [-0.1, -0.05) is 30.3 Å². The summed E-state index contributed by atoms with van der Waals surface area (Å²) >= 11 is 0. The van der Waals surface area contributed by atoms with Crippen LogP contribution in [0.5, 0.6) is 0 Å². The average Bonchev–Trinajstić information content (AvgIpc) is 2.57. The lowest BCUT2D eigenvalue weighted by Gasteiger charge is -2.22. The molecule has 2 nitrogen and oxygen atoms in total. The van der Waals surface area contributed by atoms with Crippen LogP contribution >= 0.6 is 0 Å². The van der Waals surface area contributed by atoms with Gasteiger partial charge in [0.25, 0.3) is 0 Å². The summed E-state index contributed by atoms with van der Waals surface area (Å²) in [6.45, 7) is 1.54. The molecule has 0 aliphatic heterocycles. The van der Waals surface area contributed by atoms with Gasteiger partial charge in [0.1, 0.15) is 0 Å². The number of ether oxygens (including phenoxy) is 1. The smallest absolute Gasteiger partial charge is 0.388 e. The Morgan fingerprint density at radius 1 is 0.926 bits per heavy atom. The van der Waals surface area contributed by atoms with Crippen molar-refractivity contribution in [2.45, 2.75) is 37.9 Å². The van der Waals surface area contributed by atoms with Gasteiger partial charge in [-0.3, -0.25) is 0 Å². The summed E-state index contributed by atoms with van der Waals surface area (Å²) in [6, 6.07) is 9.31. The summed E-state index contributed by atoms with van der Waals surface area (Å²) in [6.07, 6.45) is -13.3. The third-order valence-electron chi connectivity index (χ3n) is 4.12.